The van der Waals surface area contributed by atoms with E-state index in [2.05, 4.69) is 10.3 Å². The molecular formula is C12H14N2O4. The van der Waals surface area contributed by atoms with Gasteiger partial charge < -0.3 is 15.2 Å². The van der Waals surface area contributed by atoms with E-state index in [4.69, 9.17) is 9.84 Å². The molecule has 0 bridgehead atoms. The minimum atomic E-state index is -1.17. The van der Waals surface area contributed by atoms with E-state index in [-0.39, 0.29) is 23.9 Å². The Balaban J connectivity index is 2.26. The molecule has 1 aliphatic rings. The predicted molar refractivity (Wildman–Crippen MR) is 62.4 cm³/mol. The van der Waals surface area contributed by atoms with Crippen molar-refractivity contribution in [3.63, 3.8) is 0 Å². The molecule has 0 radical (unpaired) electrons. The molecule has 18 heavy (non-hydrogen) atoms. The predicted octanol–water partition coefficient (Wildman–Crippen LogP) is 0.818. The summed E-state index contributed by atoms with van der Waals surface area (Å²) in [5.74, 6) is -1.60. The van der Waals surface area contributed by atoms with Gasteiger partial charge in [-0.3, -0.25) is 4.79 Å². The van der Waals surface area contributed by atoms with E-state index in [9.17, 15) is 9.59 Å². The van der Waals surface area contributed by atoms with Crippen LogP contribution in [0.1, 0.15) is 39.3 Å². The molecule has 0 saturated heterocycles. The fourth-order valence-corrected chi connectivity index (χ4v) is 1.58. The van der Waals surface area contributed by atoms with Gasteiger partial charge in [0, 0.05) is 19.3 Å². The molecule has 0 aromatic carbocycles. The Morgan fingerprint density at radius 3 is 2.83 bits per heavy atom. The van der Waals surface area contributed by atoms with Crippen LogP contribution in [0.15, 0.2) is 12.3 Å². The standard InChI is InChI=1S/C12H14N2O4/c1-18-6-7-4-9(12(16)17)10(13-5-7)11(15)14-8-2-3-8/h4-5,8H,2-3,6H2,1H3,(H,14,15)(H,16,17). The van der Waals surface area contributed by atoms with Crippen LogP contribution in [0, 0.1) is 0 Å². The maximum atomic E-state index is 11.8. The molecule has 1 aromatic heterocycles. The van der Waals surface area contributed by atoms with E-state index in [1.54, 1.807) is 0 Å². The number of hydrogen-bond acceptors (Lipinski definition) is 4. The van der Waals surface area contributed by atoms with Crippen molar-refractivity contribution < 1.29 is 19.4 Å². The lowest BCUT2D eigenvalue weighted by molar-refractivity contribution is 0.0689. The molecule has 1 fully saturated rings. The van der Waals surface area contributed by atoms with Crippen molar-refractivity contribution in [1.82, 2.24) is 10.3 Å². The van der Waals surface area contributed by atoms with Crippen molar-refractivity contribution in [2.45, 2.75) is 25.5 Å². The van der Waals surface area contributed by atoms with Crippen LogP contribution < -0.4 is 5.32 Å². The number of pyridine rings is 1. The van der Waals surface area contributed by atoms with Crippen molar-refractivity contribution in [2.75, 3.05) is 7.11 Å². The van der Waals surface area contributed by atoms with E-state index >= 15 is 0 Å². The molecule has 6 nitrogen and oxygen atoms in total. The van der Waals surface area contributed by atoms with Gasteiger partial charge in [0.2, 0.25) is 0 Å². The van der Waals surface area contributed by atoms with Crippen LogP contribution in [0.2, 0.25) is 0 Å². The van der Waals surface area contributed by atoms with Gasteiger partial charge in [0.05, 0.1) is 12.2 Å². The molecule has 6 heteroatoms. The fourth-order valence-electron chi connectivity index (χ4n) is 1.58. The number of nitrogens with one attached hydrogen (secondary N) is 1. The summed E-state index contributed by atoms with van der Waals surface area (Å²) in [7, 11) is 1.51. The Morgan fingerprint density at radius 2 is 2.28 bits per heavy atom. The number of carboxylic acids is 1. The molecule has 1 saturated carbocycles. The van der Waals surface area contributed by atoms with Crippen molar-refractivity contribution in [3.05, 3.63) is 29.1 Å². The van der Waals surface area contributed by atoms with E-state index in [0.717, 1.165) is 12.8 Å². The normalized spacial score (nSPS) is 14.3. The Labute approximate surface area is 104 Å². The first-order valence-electron chi connectivity index (χ1n) is 5.64. The van der Waals surface area contributed by atoms with Crippen molar-refractivity contribution in [3.8, 4) is 0 Å². The topological polar surface area (TPSA) is 88.5 Å². The highest BCUT2D eigenvalue weighted by molar-refractivity contribution is 6.03. The maximum Gasteiger partial charge on any atom is 0.338 e. The summed E-state index contributed by atoms with van der Waals surface area (Å²) in [6, 6.07) is 1.58. The first kappa shape index (κ1) is 12.5. The van der Waals surface area contributed by atoms with Crippen molar-refractivity contribution in [2.24, 2.45) is 0 Å². The molecule has 0 spiro atoms. The SMILES string of the molecule is COCc1cnc(C(=O)NC2CC2)c(C(=O)O)c1. The molecular weight excluding hydrogens is 236 g/mol. The van der Waals surface area contributed by atoms with Gasteiger partial charge in [-0.2, -0.15) is 0 Å². The van der Waals surface area contributed by atoms with Gasteiger partial charge in [-0.25, -0.2) is 9.78 Å². The zero-order chi connectivity index (χ0) is 13.1. The second kappa shape index (κ2) is 5.14. The number of amides is 1. The average molecular weight is 250 g/mol. The molecule has 0 atom stereocenters. The number of carbonyl (C=O) groups excluding carboxylic acids is 1. The Hall–Kier alpha value is -1.95. The summed E-state index contributed by atoms with van der Waals surface area (Å²) in [6.45, 7) is 0.262. The highest BCUT2D eigenvalue weighted by Gasteiger charge is 2.26. The highest BCUT2D eigenvalue weighted by Crippen LogP contribution is 2.20. The Kier molecular flexibility index (Phi) is 3.57. The number of aromatic carboxylic acids is 1. The maximum absolute atomic E-state index is 11.8. The van der Waals surface area contributed by atoms with Gasteiger partial charge >= 0.3 is 5.97 Å². The summed E-state index contributed by atoms with van der Waals surface area (Å²) in [4.78, 5) is 26.9. The van der Waals surface area contributed by atoms with Crippen LogP contribution in [0.4, 0.5) is 0 Å². The number of ether oxygens (including phenoxy) is 1. The average Bonchev–Trinajstić information content (AvgIpc) is 3.13. The third-order valence-electron chi connectivity index (χ3n) is 2.61. The minimum absolute atomic E-state index is 0.0470. The third-order valence-corrected chi connectivity index (χ3v) is 2.61. The molecule has 1 aromatic rings. The van der Waals surface area contributed by atoms with Gasteiger partial charge in [0.25, 0.3) is 5.91 Å². The molecule has 2 rings (SSSR count). The van der Waals surface area contributed by atoms with Crippen LogP contribution in [0.25, 0.3) is 0 Å². The fraction of sp³-hybridized carbons (Fsp3) is 0.417. The molecule has 2 N–H and O–H groups in total. The first-order valence-corrected chi connectivity index (χ1v) is 5.64. The summed E-state index contributed by atoms with van der Waals surface area (Å²) in [5, 5.41) is 11.8. The lowest BCUT2D eigenvalue weighted by Gasteiger charge is -2.07. The second-order valence-electron chi connectivity index (χ2n) is 4.23. The molecule has 1 amide bonds. The van der Waals surface area contributed by atoms with Crippen LogP contribution in [-0.4, -0.2) is 35.1 Å². The minimum Gasteiger partial charge on any atom is -0.478 e. The van der Waals surface area contributed by atoms with E-state index in [1.807, 2.05) is 0 Å². The lowest BCUT2D eigenvalue weighted by Crippen LogP contribution is -2.28. The van der Waals surface area contributed by atoms with Crippen LogP contribution in [0.3, 0.4) is 0 Å². The smallest absolute Gasteiger partial charge is 0.338 e. The van der Waals surface area contributed by atoms with Gasteiger partial charge in [0.1, 0.15) is 5.69 Å². The number of rotatable bonds is 5. The first-order chi connectivity index (χ1) is 8.61. The quantitative estimate of drug-likeness (QED) is 0.807. The molecule has 1 aliphatic carbocycles. The number of aromatic nitrogens is 1. The lowest BCUT2D eigenvalue weighted by atomic mass is 10.1. The van der Waals surface area contributed by atoms with E-state index in [0.29, 0.717) is 5.56 Å². The number of methoxy groups -OCH3 is 1. The van der Waals surface area contributed by atoms with E-state index in [1.165, 1.54) is 19.4 Å². The summed E-state index contributed by atoms with van der Waals surface area (Å²) in [6.07, 6.45) is 3.34. The van der Waals surface area contributed by atoms with Gasteiger partial charge in [-0.15, -0.1) is 0 Å². The van der Waals surface area contributed by atoms with Gasteiger partial charge in [-0.05, 0) is 24.5 Å². The molecule has 0 aliphatic heterocycles. The zero-order valence-electron chi connectivity index (χ0n) is 9.97. The van der Waals surface area contributed by atoms with Crippen molar-refractivity contribution >= 4 is 11.9 Å². The highest BCUT2D eigenvalue weighted by atomic mass is 16.5. The van der Waals surface area contributed by atoms with Gasteiger partial charge in [-0.1, -0.05) is 0 Å². The largest absolute Gasteiger partial charge is 0.478 e. The zero-order valence-corrected chi connectivity index (χ0v) is 9.97. The summed E-state index contributed by atoms with van der Waals surface area (Å²) >= 11 is 0. The summed E-state index contributed by atoms with van der Waals surface area (Å²) < 4.78 is 4.90. The monoisotopic (exact) mass is 250 g/mol. The number of hydrogen-bond donors (Lipinski definition) is 2. The van der Waals surface area contributed by atoms with E-state index < -0.39 is 11.9 Å². The second-order valence-corrected chi connectivity index (χ2v) is 4.23. The Bertz CT molecular complexity index is 483. The van der Waals surface area contributed by atoms with Crippen LogP contribution in [0.5, 0.6) is 0 Å². The third kappa shape index (κ3) is 2.84. The van der Waals surface area contributed by atoms with Crippen LogP contribution >= 0.6 is 0 Å². The van der Waals surface area contributed by atoms with Gasteiger partial charge in [0.15, 0.2) is 0 Å². The Morgan fingerprint density at radius 1 is 1.56 bits per heavy atom. The number of nitrogens with zero attached hydrogens (tertiary/aromatic N) is 1. The van der Waals surface area contributed by atoms with Crippen LogP contribution in [-0.2, 0) is 11.3 Å². The number of carbonyl (C=O) groups is 2. The summed E-state index contributed by atoms with van der Waals surface area (Å²) in [5.41, 5.74) is 0.481. The van der Waals surface area contributed by atoms with Crippen molar-refractivity contribution in [1.29, 1.82) is 0 Å². The molecule has 1 heterocycles. The number of carboxylic acid groups (broad SMARTS) is 1. The molecule has 96 valence electrons. The molecule has 0 unspecified atom stereocenters.